The summed E-state index contributed by atoms with van der Waals surface area (Å²) in [7, 11) is 0. The first-order chi connectivity index (χ1) is 9.21. The molecule has 0 bridgehead atoms. The maximum Gasteiger partial charge on any atom is 0.419 e. The molecule has 3 N–H and O–H groups in total. The number of hydrogen-bond donors (Lipinski definition) is 2. The molecule has 10 heteroatoms. The summed E-state index contributed by atoms with van der Waals surface area (Å²) in [4.78, 5) is 11.1. The van der Waals surface area contributed by atoms with Crippen molar-refractivity contribution in [2.75, 3.05) is 0 Å². The van der Waals surface area contributed by atoms with Crippen LogP contribution in [0.25, 0.3) is 11.3 Å². The third-order valence-electron chi connectivity index (χ3n) is 2.38. The third-order valence-corrected chi connectivity index (χ3v) is 2.84. The molecule has 0 radical (unpaired) electrons. The maximum absolute atomic E-state index is 14.0. The number of carbonyl (C=O) groups is 1. The molecule has 0 aliphatic carbocycles. The lowest BCUT2D eigenvalue weighted by Gasteiger charge is -2.11. The number of rotatable bonds is 2. The highest BCUT2D eigenvalue weighted by molar-refractivity contribution is 9.10. The highest BCUT2D eigenvalue weighted by Gasteiger charge is 2.36. The van der Waals surface area contributed by atoms with E-state index in [9.17, 15) is 22.4 Å². The van der Waals surface area contributed by atoms with Gasteiger partial charge >= 0.3 is 6.18 Å². The van der Waals surface area contributed by atoms with Crippen LogP contribution in [0.2, 0.25) is 0 Å². The molecule has 0 atom stereocenters. The van der Waals surface area contributed by atoms with E-state index in [2.05, 4.69) is 26.1 Å². The number of aromatic nitrogens is 3. The van der Waals surface area contributed by atoms with Gasteiger partial charge in [-0.2, -0.15) is 28.6 Å². The summed E-state index contributed by atoms with van der Waals surface area (Å²) in [5.74, 6) is -2.60. The molecule has 1 aromatic heterocycles. The number of aromatic amines is 1. The second-order valence-corrected chi connectivity index (χ2v) is 4.61. The van der Waals surface area contributed by atoms with Crippen molar-refractivity contribution in [1.29, 1.82) is 0 Å². The SMILES string of the molecule is NC(=O)c1n[nH]nc1-c1cc(Br)cc(C(F)(F)F)c1F. The van der Waals surface area contributed by atoms with Crippen molar-refractivity contribution in [1.82, 2.24) is 15.4 Å². The molecule has 106 valence electrons. The van der Waals surface area contributed by atoms with Gasteiger partial charge in [-0.1, -0.05) is 15.9 Å². The summed E-state index contributed by atoms with van der Waals surface area (Å²) in [5.41, 5.74) is 2.14. The number of carbonyl (C=O) groups excluding carboxylic acids is 1. The lowest BCUT2D eigenvalue weighted by molar-refractivity contribution is -0.139. The van der Waals surface area contributed by atoms with Crippen LogP contribution in [0.3, 0.4) is 0 Å². The second kappa shape index (κ2) is 4.85. The molecule has 0 aliphatic heterocycles. The van der Waals surface area contributed by atoms with Crippen LogP contribution < -0.4 is 5.73 Å². The van der Waals surface area contributed by atoms with Crippen LogP contribution in [-0.2, 0) is 6.18 Å². The molecule has 0 saturated carbocycles. The normalized spacial score (nSPS) is 11.7. The summed E-state index contributed by atoms with van der Waals surface area (Å²) in [6.45, 7) is 0. The number of amides is 1. The Morgan fingerprint density at radius 2 is 1.95 bits per heavy atom. The molecule has 0 unspecified atom stereocenters. The fraction of sp³-hybridized carbons (Fsp3) is 0.100. The van der Waals surface area contributed by atoms with Crippen molar-refractivity contribution >= 4 is 21.8 Å². The highest BCUT2D eigenvalue weighted by Crippen LogP contribution is 2.37. The topological polar surface area (TPSA) is 84.7 Å². The lowest BCUT2D eigenvalue weighted by Crippen LogP contribution is -2.14. The highest BCUT2D eigenvalue weighted by atomic mass is 79.9. The summed E-state index contributed by atoms with van der Waals surface area (Å²) in [5, 5.41) is 8.87. The molecule has 20 heavy (non-hydrogen) atoms. The first-order valence-corrected chi connectivity index (χ1v) is 5.78. The number of alkyl halides is 3. The first kappa shape index (κ1) is 14.4. The van der Waals surface area contributed by atoms with Crippen molar-refractivity contribution in [2.45, 2.75) is 6.18 Å². The molecule has 0 spiro atoms. The Bertz CT molecular complexity index is 682. The van der Waals surface area contributed by atoms with Gasteiger partial charge in [0, 0.05) is 10.0 Å². The van der Waals surface area contributed by atoms with Crippen LogP contribution in [0, 0.1) is 5.82 Å². The fourth-order valence-electron chi connectivity index (χ4n) is 1.56. The van der Waals surface area contributed by atoms with Gasteiger partial charge in [0.05, 0.1) is 5.56 Å². The standard InChI is InChI=1S/C10H5BrF4N4O/c11-3-1-4(6(12)5(2-3)10(13,14)15)7-8(9(16)20)18-19-17-7/h1-2H,(H2,16,20)(H,17,18,19). The number of hydrogen-bond acceptors (Lipinski definition) is 3. The molecular weight excluding hydrogens is 348 g/mol. The molecule has 5 nitrogen and oxygen atoms in total. The summed E-state index contributed by atoms with van der Waals surface area (Å²) >= 11 is 2.85. The number of nitrogens with one attached hydrogen (secondary N) is 1. The average Bonchev–Trinajstić information content (AvgIpc) is 2.79. The molecule has 0 aliphatic rings. The third kappa shape index (κ3) is 2.50. The minimum Gasteiger partial charge on any atom is -0.364 e. The van der Waals surface area contributed by atoms with E-state index in [0.29, 0.717) is 6.07 Å². The van der Waals surface area contributed by atoms with Crippen molar-refractivity contribution in [3.63, 3.8) is 0 Å². The van der Waals surface area contributed by atoms with Gasteiger partial charge in [-0.3, -0.25) is 4.79 Å². The van der Waals surface area contributed by atoms with Crippen LogP contribution in [0.15, 0.2) is 16.6 Å². The molecule has 1 aromatic carbocycles. The van der Waals surface area contributed by atoms with Gasteiger partial charge in [0.1, 0.15) is 11.5 Å². The van der Waals surface area contributed by atoms with Crippen LogP contribution in [-0.4, -0.2) is 21.3 Å². The maximum atomic E-state index is 14.0. The van der Waals surface area contributed by atoms with Crippen LogP contribution >= 0.6 is 15.9 Å². The van der Waals surface area contributed by atoms with Crippen LogP contribution in [0.5, 0.6) is 0 Å². The van der Waals surface area contributed by atoms with Gasteiger partial charge in [-0.25, -0.2) is 4.39 Å². The smallest absolute Gasteiger partial charge is 0.364 e. The van der Waals surface area contributed by atoms with E-state index in [1.165, 1.54) is 0 Å². The van der Waals surface area contributed by atoms with Crippen molar-refractivity contribution in [3.8, 4) is 11.3 Å². The Labute approximate surface area is 117 Å². The molecule has 1 amide bonds. The summed E-state index contributed by atoms with van der Waals surface area (Å²) in [6, 6.07) is 1.64. The van der Waals surface area contributed by atoms with E-state index >= 15 is 0 Å². The largest absolute Gasteiger partial charge is 0.419 e. The fourth-order valence-corrected chi connectivity index (χ4v) is 2.02. The number of nitrogens with two attached hydrogens (primary N) is 1. The van der Waals surface area contributed by atoms with E-state index in [1.54, 1.807) is 0 Å². The number of primary amides is 1. The molecule has 1 heterocycles. The molecule has 2 rings (SSSR count). The van der Waals surface area contributed by atoms with Gasteiger partial charge < -0.3 is 5.73 Å². The molecule has 0 fully saturated rings. The minimum atomic E-state index is -4.89. The van der Waals surface area contributed by atoms with Gasteiger partial charge in [-0.05, 0) is 12.1 Å². The Balaban J connectivity index is 2.72. The average molecular weight is 353 g/mol. The summed E-state index contributed by atoms with van der Waals surface area (Å²) in [6.07, 6.45) is -4.89. The zero-order valence-electron chi connectivity index (χ0n) is 9.42. The lowest BCUT2D eigenvalue weighted by atomic mass is 10.0. The number of halogens is 5. The van der Waals surface area contributed by atoms with E-state index in [0.717, 1.165) is 6.07 Å². The Hall–Kier alpha value is -1.97. The zero-order chi connectivity index (χ0) is 15.1. The van der Waals surface area contributed by atoms with Crippen molar-refractivity contribution < 1.29 is 22.4 Å². The number of nitrogens with zero attached hydrogens (tertiary/aromatic N) is 2. The second-order valence-electron chi connectivity index (χ2n) is 3.70. The predicted molar refractivity (Wildman–Crippen MR) is 63.0 cm³/mol. The van der Waals surface area contributed by atoms with E-state index in [4.69, 9.17) is 5.73 Å². The van der Waals surface area contributed by atoms with Crippen LogP contribution in [0.4, 0.5) is 17.6 Å². The predicted octanol–water partition coefficient (Wildman–Crippen LogP) is 2.49. The van der Waals surface area contributed by atoms with E-state index in [1.807, 2.05) is 5.21 Å². The van der Waals surface area contributed by atoms with E-state index < -0.39 is 34.7 Å². The van der Waals surface area contributed by atoms with Gasteiger partial charge in [0.15, 0.2) is 5.69 Å². The quantitative estimate of drug-likeness (QED) is 0.814. The Kier molecular flexibility index (Phi) is 3.50. The van der Waals surface area contributed by atoms with Gasteiger partial charge in [0.2, 0.25) is 0 Å². The van der Waals surface area contributed by atoms with Crippen molar-refractivity contribution in [2.24, 2.45) is 5.73 Å². The Morgan fingerprint density at radius 3 is 2.50 bits per heavy atom. The van der Waals surface area contributed by atoms with Crippen molar-refractivity contribution in [3.05, 3.63) is 33.7 Å². The van der Waals surface area contributed by atoms with E-state index in [-0.39, 0.29) is 10.2 Å². The Morgan fingerprint density at radius 1 is 1.30 bits per heavy atom. The summed E-state index contributed by atoms with van der Waals surface area (Å²) < 4.78 is 52.1. The monoisotopic (exact) mass is 352 g/mol. The molecule has 2 aromatic rings. The number of H-pyrrole nitrogens is 1. The minimum absolute atomic E-state index is 0.0281. The molecule has 0 saturated heterocycles. The van der Waals surface area contributed by atoms with Gasteiger partial charge in [-0.15, -0.1) is 0 Å². The van der Waals surface area contributed by atoms with Crippen LogP contribution in [0.1, 0.15) is 16.1 Å². The van der Waals surface area contributed by atoms with Gasteiger partial charge in [0.25, 0.3) is 5.91 Å². The zero-order valence-corrected chi connectivity index (χ0v) is 11.0. The molecular formula is C10H5BrF4N4O. The number of benzene rings is 1. The first-order valence-electron chi connectivity index (χ1n) is 4.99.